The maximum absolute atomic E-state index is 5.60. The van der Waals surface area contributed by atoms with Crippen LogP contribution in [0.4, 0.5) is 0 Å². The summed E-state index contributed by atoms with van der Waals surface area (Å²) in [4.78, 5) is 0. The Morgan fingerprint density at radius 2 is 2.36 bits per heavy atom. The van der Waals surface area contributed by atoms with E-state index < -0.39 is 0 Å². The van der Waals surface area contributed by atoms with E-state index in [2.05, 4.69) is 16.6 Å². The number of aryl methyl sites for hydroxylation is 2. The molecular formula is C10H18N4. The third kappa shape index (κ3) is 1.55. The number of nitrogens with two attached hydrogens (primary N) is 1. The Morgan fingerprint density at radius 3 is 2.71 bits per heavy atom. The van der Waals surface area contributed by atoms with Gasteiger partial charge in [0, 0.05) is 7.05 Å². The number of hydrogen-bond donors (Lipinski definition) is 2. The molecular weight excluding hydrogens is 176 g/mol. The second kappa shape index (κ2) is 3.71. The fraction of sp³-hybridized carbons (Fsp3) is 0.700. The lowest BCUT2D eigenvalue weighted by Gasteiger charge is -2.33. The van der Waals surface area contributed by atoms with Crippen LogP contribution < -0.4 is 11.3 Å². The molecule has 0 bridgehead atoms. The quantitative estimate of drug-likeness (QED) is 0.558. The van der Waals surface area contributed by atoms with Gasteiger partial charge in [0.25, 0.3) is 0 Å². The lowest BCUT2D eigenvalue weighted by atomic mass is 9.79. The van der Waals surface area contributed by atoms with E-state index in [1.54, 1.807) is 0 Å². The van der Waals surface area contributed by atoms with E-state index >= 15 is 0 Å². The summed E-state index contributed by atoms with van der Waals surface area (Å²) in [5, 5.41) is 4.34. The molecule has 4 nitrogen and oxygen atoms in total. The average Bonchev–Trinajstić information content (AvgIpc) is 2.37. The molecule has 1 aliphatic carbocycles. The first-order valence-electron chi connectivity index (χ1n) is 5.19. The molecule has 4 heteroatoms. The molecule has 1 heterocycles. The number of aromatic nitrogens is 2. The first-order valence-corrected chi connectivity index (χ1v) is 5.19. The molecule has 0 saturated heterocycles. The number of hydrogen-bond acceptors (Lipinski definition) is 3. The number of nitrogens with one attached hydrogen (secondary N) is 1. The molecule has 1 unspecified atom stereocenters. The Morgan fingerprint density at radius 1 is 1.64 bits per heavy atom. The van der Waals surface area contributed by atoms with Crippen molar-refractivity contribution < 1.29 is 0 Å². The number of rotatable bonds is 3. The van der Waals surface area contributed by atoms with Crippen molar-refractivity contribution in [3.63, 3.8) is 0 Å². The van der Waals surface area contributed by atoms with Gasteiger partial charge in [0.2, 0.25) is 0 Å². The van der Waals surface area contributed by atoms with Crippen LogP contribution in [0.25, 0.3) is 0 Å². The molecule has 3 N–H and O–H groups in total. The van der Waals surface area contributed by atoms with Crippen molar-refractivity contribution in [2.45, 2.75) is 32.2 Å². The third-order valence-electron chi connectivity index (χ3n) is 3.16. The van der Waals surface area contributed by atoms with Gasteiger partial charge in [0.15, 0.2) is 0 Å². The Hall–Kier alpha value is -0.870. The van der Waals surface area contributed by atoms with Crippen LogP contribution in [-0.2, 0) is 7.05 Å². The molecule has 0 aliphatic heterocycles. The van der Waals surface area contributed by atoms with Gasteiger partial charge in [0.05, 0.1) is 17.4 Å². The molecule has 1 fully saturated rings. The third-order valence-corrected chi connectivity index (χ3v) is 3.16. The van der Waals surface area contributed by atoms with Gasteiger partial charge >= 0.3 is 0 Å². The van der Waals surface area contributed by atoms with Crippen molar-refractivity contribution in [2.75, 3.05) is 0 Å². The summed E-state index contributed by atoms with van der Waals surface area (Å²) in [6.45, 7) is 2.01. The van der Waals surface area contributed by atoms with Crippen molar-refractivity contribution in [3.8, 4) is 0 Å². The zero-order valence-corrected chi connectivity index (χ0v) is 8.83. The van der Waals surface area contributed by atoms with E-state index in [0.29, 0.717) is 5.92 Å². The highest BCUT2D eigenvalue weighted by Crippen LogP contribution is 2.37. The minimum atomic E-state index is 0.273. The van der Waals surface area contributed by atoms with Crippen molar-refractivity contribution in [2.24, 2.45) is 18.8 Å². The Balaban J connectivity index is 2.21. The van der Waals surface area contributed by atoms with Crippen LogP contribution >= 0.6 is 0 Å². The highest BCUT2D eigenvalue weighted by Gasteiger charge is 2.29. The zero-order chi connectivity index (χ0) is 10.1. The minimum absolute atomic E-state index is 0.273. The summed E-state index contributed by atoms with van der Waals surface area (Å²) in [5.41, 5.74) is 5.17. The second-order valence-electron chi connectivity index (χ2n) is 4.17. The summed E-state index contributed by atoms with van der Waals surface area (Å²) >= 11 is 0. The number of hydrazine groups is 1. The van der Waals surface area contributed by atoms with E-state index in [1.165, 1.54) is 25.0 Å². The molecule has 1 saturated carbocycles. The van der Waals surface area contributed by atoms with E-state index in [9.17, 15) is 0 Å². The minimum Gasteiger partial charge on any atom is -0.271 e. The van der Waals surface area contributed by atoms with E-state index in [-0.39, 0.29) is 6.04 Å². The van der Waals surface area contributed by atoms with Gasteiger partial charge in [0.1, 0.15) is 0 Å². The normalized spacial score (nSPS) is 19.4. The van der Waals surface area contributed by atoms with Gasteiger partial charge in [-0.3, -0.25) is 16.0 Å². The highest BCUT2D eigenvalue weighted by atomic mass is 15.3. The molecule has 1 aliphatic rings. The van der Waals surface area contributed by atoms with Crippen LogP contribution in [0.1, 0.15) is 36.7 Å². The summed E-state index contributed by atoms with van der Waals surface area (Å²) in [5.74, 6) is 6.29. The summed E-state index contributed by atoms with van der Waals surface area (Å²) in [6.07, 6.45) is 3.89. The molecule has 14 heavy (non-hydrogen) atoms. The predicted octanol–water partition coefficient (Wildman–Crippen LogP) is 1.03. The fourth-order valence-corrected chi connectivity index (χ4v) is 2.16. The van der Waals surface area contributed by atoms with Crippen LogP contribution in [0.15, 0.2) is 6.07 Å². The smallest absolute Gasteiger partial charge is 0.0657 e. The lowest BCUT2D eigenvalue weighted by Crippen LogP contribution is -2.37. The van der Waals surface area contributed by atoms with Gasteiger partial charge in [-0.1, -0.05) is 6.42 Å². The number of nitrogens with zero attached hydrogens (tertiary/aromatic N) is 2. The highest BCUT2D eigenvalue weighted by molar-refractivity contribution is 5.14. The Bertz CT molecular complexity index is 314. The average molecular weight is 194 g/mol. The van der Waals surface area contributed by atoms with Crippen LogP contribution in [0.5, 0.6) is 0 Å². The van der Waals surface area contributed by atoms with Gasteiger partial charge < -0.3 is 0 Å². The topological polar surface area (TPSA) is 55.9 Å². The molecule has 0 radical (unpaired) electrons. The van der Waals surface area contributed by atoms with Crippen LogP contribution in [0.2, 0.25) is 0 Å². The largest absolute Gasteiger partial charge is 0.271 e. The van der Waals surface area contributed by atoms with E-state index in [0.717, 1.165) is 5.69 Å². The van der Waals surface area contributed by atoms with Gasteiger partial charge in [-0.2, -0.15) is 5.10 Å². The Kier molecular flexibility index (Phi) is 2.56. The SMILES string of the molecule is Cc1cc(C(NN)C2CCC2)n(C)n1. The monoisotopic (exact) mass is 194 g/mol. The maximum Gasteiger partial charge on any atom is 0.0657 e. The maximum atomic E-state index is 5.60. The first-order chi connectivity index (χ1) is 6.72. The van der Waals surface area contributed by atoms with Gasteiger partial charge in [-0.05, 0) is 31.7 Å². The lowest BCUT2D eigenvalue weighted by molar-refractivity contribution is 0.224. The molecule has 0 aromatic carbocycles. The van der Waals surface area contributed by atoms with Crippen LogP contribution in [-0.4, -0.2) is 9.78 Å². The molecule has 0 spiro atoms. The second-order valence-corrected chi connectivity index (χ2v) is 4.17. The first kappa shape index (κ1) is 9.68. The standard InChI is InChI=1S/C10H18N4/c1-7-6-9(14(2)13-7)10(12-11)8-4-3-5-8/h6,8,10,12H,3-5,11H2,1-2H3. The zero-order valence-electron chi connectivity index (χ0n) is 8.83. The molecule has 0 amide bonds. The predicted molar refractivity (Wildman–Crippen MR) is 55.4 cm³/mol. The van der Waals surface area contributed by atoms with Gasteiger partial charge in [-0.25, -0.2) is 0 Å². The molecule has 78 valence electrons. The Labute approximate surface area is 84.4 Å². The van der Waals surface area contributed by atoms with Crippen LogP contribution in [0, 0.1) is 12.8 Å². The molecule has 1 atom stereocenters. The fourth-order valence-electron chi connectivity index (χ4n) is 2.16. The van der Waals surface area contributed by atoms with Crippen LogP contribution in [0.3, 0.4) is 0 Å². The van der Waals surface area contributed by atoms with Crippen molar-refractivity contribution in [3.05, 3.63) is 17.5 Å². The summed E-state index contributed by atoms with van der Waals surface area (Å²) < 4.78 is 1.93. The van der Waals surface area contributed by atoms with Crippen molar-refractivity contribution in [1.82, 2.24) is 15.2 Å². The van der Waals surface area contributed by atoms with E-state index in [1.807, 2.05) is 18.7 Å². The summed E-state index contributed by atoms with van der Waals surface area (Å²) in [7, 11) is 1.98. The molecule has 1 aromatic heterocycles. The molecule has 2 rings (SSSR count). The van der Waals surface area contributed by atoms with Gasteiger partial charge in [-0.15, -0.1) is 0 Å². The molecule has 1 aromatic rings. The summed E-state index contributed by atoms with van der Waals surface area (Å²) in [6, 6.07) is 2.39. The van der Waals surface area contributed by atoms with E-state index in [4.69, 9.17) is 5.84 Å². The van der Waals surface area contributed by atoms with Crippen molar-refractivity contribution in [1.29, 1.82) is 0 Å². The van der Waals surface area contributed by atoms with Crippen molar-refractivity contribution >= 4 is 0 Å².